The van der Waals surface area contributed by atoms with E-state index in [9.17, 15) is 0 Å². The summed E-state index contributed by atoms with van der Waals surface area (Å²) in [6.45, 7) is 4.65. The molecular weight excluding hydrogens is 120 g/mol. The molecule has 0 heteroatoms. The Balaban J connectivity index is 2.25. The number of hydrogen-bond acceptors (Lipinski definition) is 0. The molecule has 0 nitrogen and oxygen atoms in total. The van der Waals surface area contributed by atoms with Crippen molar-refractivity contribution >= 4 is 0 Å². The highest BCUT2D eigenvalue weighted by atomic mass is 14.2. The molecule has 1 rings (SSSR count). The van der Waals surface area contributed by atoms with Crippen molar-refractivity contribution in [3.63, 3.8) is 0 Å². The van der Waals surface area contributed by atoms with Crippen LogP contribution in [-0.4, -0.2) is 0 Å². The van der Waals surface area contributed by atoms with Gasteiger partial charge in [0.2, 0.25) is 0 Å². The van der Waals surface area contributed by atoms with E-state index in [4.69, 9.17) is 0 Å². The summed E-state index contributed by atoms with van der Waals surface area (Å²) < 4.78 is 0. The van der Waals surface area contributed by atoms with Gasteiger partial charge in [-0.3, -0.25) is 0 Å². The van der Waals surface area contributed by atoms with Gasteiger partial charge >= 0.3 is 0 Å². The van der Waals surface area contributed by atoms with Crippen molar-refractivity contribution in [2.75, 3.05) is 0 Å². The molecule has 0 N–H and O–H groups in total. The quantitative estimate of drug-likeness (QED) is 0.550. The molecule has 0 spiro atoms. The molecule has 0 aromatic rings. The van der Waals surface area contributed by atoms with E-state index < -0.39 is 0 Å². The Morgan fingerprint density at radius 2 is 2.00 bits per heavy atom. The highest BCUT2D eigenvalue weighted by molar-refractivity contribution is 4.82. The third-order valence-corrected chi connectivity index (χ3v) is 2.72. The lowest BCUT2D eigenvalue weighted by Crippen LogP contribution is -2.16. The normalized spacial score (nSPS) is 34.2. The van der Waals surface area contributed by atoms with Crippen LogP contribution in [0.2, 0.25) is 0 Å². The Morgan fingerprint density at radius 3 is 2.60 bits per heavy atom. The summed E-state index contributed by atoms with van der Waals surface area (Å²) >= 11 is 0. The molecule has 2 atom stereocenters. The molecule has 2 unspecified atom stereocenters. The van der Waals surface area contributed by atoms with Gasteiger partial charge in [-0.1, -0.05) is 39.5 Å². The smallest absolute Gasteiger partial charge is 0.0355 e. The van der Waals surface area contributed by atoms with Crippen LogP contribution in [0.5, 0.6) is 0 Å². The van der Waals surface area contributed by atoms with E-state index in [1.165, 1.54) is 32.1 Å². The monoisotopic (exact) mass is 139 g/mol. The fourth-order valence-electron chi connectivity index (χ4n) is 2.00. The zero-order valence-corrected chi connectivity index (χ0v) is 7.27. The first kappa shape index (κ1) is 8.10. The Bertz CT molecular complexity index is 84.0. The van der Waals surface area contributed by atoms with Crippen molar-refractivity contribution in [3.05, 3.63) is 6.42 Å². The maximum Gasteiger partial charge on any atom is -0.0355 e. The second kappa shape index (κ2) is 4.00. The van der Waals surface area contributed by atoms with Crippen LogP contribution >= 0.6 is 0 Å². The van der Waals surface area contributed by atoms with Crippen LogP contribution in [0.15, 0.2) is 0 Å². The lowest BCUT2D eigenvalue weighted by molar-refractivity contribution is 0.285. The Labute approximate surface area is 65.0 Å². The summed E-state index contributed by atoms with van der Waals surface area (Å²) in [5.74, 6) is 1.91. The van der Waals surface area contributed by atoms with Crippen molar-refractivity contribution in [2.45, 2.75) is 46.0 Å². The minimum atomic E-state index is 0.943. The van der Waals surface area contributed by atoms with E-state index in [1.54, 1.807) is 0 Å². The van der Waals surface area contributed by atoms with E-state index in [2.05, 4.69) is 20.3 Å². The lowest BCUT2D eigenvalue weighted by atomic mass is 9.78. The molecule has 0 aromatic heterocycles. The topological polar surface area (TPSA) is 0 Å². The van der Waals surface area contributed by atoms with Gasteiger partial charge in [-0.25, -0.2) is 0 Å². The van der Waals surface area contributed by atoms with Crippen LogP contribution in [0.25, 0.3) is 0 Å². The van der Waals surface area contributed by atoms with Gasteiger partial charge < -0.3 is 0 Å². The molecule has 0 aliphatic heterocycles. The van der Waals surface area contributed by atoms with Crippen LogP contribution < -0.4 is 0 Å². The predicted molar refractivity (Wildman–Crippen MR) is 45.7 cm³/mol. The molecule has 1 aliphatic carbocycles. The summed E-state index contributed by atoms with van der Waals surface area (Å²) in [7, 11) is 0. The molecule has 10 heavy (non-hydrogen) atoms. The Kier molecular flexibility index (Phi) is 3.24. The summed E-state index contributed by atoms with van der Waals surface area (Å²) in [6.07, 6.45) is 9.61. The van der Waals surface area contributed by atoms with Gasteiger partial charge in [0.05, 0.1) is 0 Å². The summed E-state index contributed by atoms with van der Waals surface area (Å²) in [6, 6.07) is 0. The molecular formula is C10H19. The second-order valence-corrected chi connectivity index (χ2v) is 3.57. The van der Waals surface area contributed by atoms with Crippen molar-refractivity contribution in [1.82, 2.24) is 0 Å². The molecule has 1 fully saturated rings. The minimum Gasteiger partial charge on any atom is -0.0651 e. The van der Waals surface area contributed by atoms with E-state index in [-0.39, 0.29) is 0 Å². The molecule has 59 valence electrons. The van der Waals surface area contributed by atoms with Gasteiger partial charge in [0.15, 0.2) is 0 Å². The second-order valence-electron chi connectivity index (χ2n) is 3.57. The van der Waals surface area contributed by atoms with Crippen molar-refractivity contribution in [2.24, 2.45) is 11.8 Å². The predicted octanol–water partition coefficient (Wildman–Crippen LogP) is 3.43. The molecule has 0 bridgehead atoms. The molecule has 0 heterocycles. The lowest BCUT2D eigenvalue weighted by Gasteiger charge is -2.27. The Hall–Kier alpha value is 0. The third-order valence-electron chi connectivity index (χ3n) is 2.72. The molecule has 1 saturated carbocycles. The Morgan fingerprint density at radius 1 is 1.30 bits per heavy atom. The van der Waals surface area contributed by atoms with Gasteiger partial charge in [0, 0.05) is 0 Å². The first-order valence-electron chi connectivity index (χ1n) is 4.68. The highest BCUT2D eigenvalue weighted by Gasteiger charge is 2.19. The molecule has 1 aliphatic rings. The van der Waals surface area contributed by atoms with Crippen molar-refractivity contribution < 1.29 is 0 Å². The van der Waals surface area contributed by atoms with Crippen molar-refractivity contribution in [1.29, 1.82) is 0 Å². The average molecular weight is 139 g/mol. The van der Waals surface area contributed by atoms with Crippen LogP contribution in [0.3, 0.4) is 0 Å². The summed E-state index contributed by atoms with van der Waals surface area (Å²) in [5, 5.41) is 0. The van der Waals surface area contributed by atoms with Crippen LogP contribution in [-0.2, 0) is 0 Å². The van der Waals surface area contributed by atoms with E-state index in [1.807, 2.05) is 0 Å². The highest BCUT2D eigenvalue weighted by Crippen LogP contribution is 2.31. The zero-order chi connectivity index (χ0) is 7.40. The van der Waals surface area contributed by atoms with Gasteiger partial charge in [-0.2, -0.15) is 0 Å². The molecule has 1 radical (unpaired) electrons. The summed E-state index contributed by atoms with van der Waals surface area (Å²) in [4.78, 5) is 0. The fraction of sp³-hybridized carbons (Fsp3) is 0.900. The maximum absolute atomic E-state index is 2.50. The van der Waals surface area contributed by atoms with E-state index >= 15 is 0 Å². The van der Waals surface area contributed by atoms with E-state index in [0.717, 1.165) is 11.8 Å². The first-order chi connectivity index (χ1) is 4.84. The van der Waals surface area contributed by atoms with Gasteiger partial charge in [-0.15, -0.1) is 0 Å². The minimum absolute atomic E-state index is 0.943. The fourth-order valence-corrected chi connectivity index (χ4v) is 2.00. The first-order valence-corrected chi connectivity index (χ1v) is 4.68. The van der Waals surface area contributed by atoms with Gasteiger partial charge in [0.25, 0.3) is 0 Å². The van der Waals surface area contributed by atoms with Crippen LogP contribution in [0.4, 0.5) is 0 Å². The van der Waals surface area contributed by atoms with Crippen LogP contribution in [0.1, 0.15) is 46.0 Å². The largest absolute Gasteiger partial charge is 0.0651 e. The molecule has 0 aromatic carbocycles. The number of rotatable bonds is 2. The van der Waals surface area contributed by atoms with Gasteiger partial charge in [-0.05, 0) is 24.7 Å². The van der Waals surface area contributed by atoms with Gasteiger partial charge in [0.1, 0.15) is 0 Å². The van der Waals surface area contributed by atoms with Crippen molar-refractivity contribution in [3.8, 4) is 0 Å². The average Bonchev–Trinajstić information content (AvgIpc) is 1.94. The standard InChI is InChI=1S/C10H19/c1-3-6-10-8-5-4-7-9(10)2/h6,9-10H,3-5,7-8H2,1-2H3. The third kappa shape index (κ3) is 2.00. The molecule has 0 saturated heterocycles. The molecule has 0 amide bonds. The maximum atomic E-state index is 2.50. The summed E-state index contributed by atoms with van der Waals surface area (Å²) in [5.41, 5.74) is 0. The SMILES string of the molecule is CC[CH]C1CCCCC1C. The van der Waals surface area contributed by atoms with Crippen LogP contribution in [0, 0.1) is 18.3 Å². The number of hydrogen-bond donors (Lipinski definition) is 0. The van der Waals surface area contributed by atoms with E-state index in [0.29, 0.717) is 0 Å². The zero-order valence-electron chi connectivity index (χ0n) is 7.27.